The molecule has 3 aromatic carbocycles. The monoisotopic (exact) mass is 632 g/mol. The summed E-state index contributed by atoms with van der Waals surface area (Å²) in [5, 5.41) is 13.1. The number of benzene rings is 3. The summed E-state index contributed by atoms with van der Waals surface area (Å²) in [4.78, 5) is 33.6. The van der Waals surface area contributed by atoms with E-state index in [9.17, 15) is 14.8 Å². The van der Waals surface area contributed by atoms with Crippen molar-refractivity contribution in [3.63, 3.8) is 0 Å². The van der Waals surface area contributed by atoms with Crippen LogP contribution in [0.4, 0.5) is 5.69 Å². The van der Waals surface area contributed by atoms with Gasteiger partial charge in [0.2, 0.25) is 0 Å². The molecule has 0 saturated heterocycles. The number of hydrogen-bond acceptors (Lipinski definition) is 7. The van der Waals surface area contributed by atoms with Gasteiger partial charge in [-0.15, -0.1) is 0 Å². The second kappa shape index (κ2) is 12.6. The van der Waals surface area contributed by atoms with Gasteiger partial charge in [0.05, 0.1) is 50.0 Å². The lowest BCUT2D eigenvalue weighted by Crippen LogP contribution is -2.40. The van der Waals surface area contributed by atoms with E-state index in [0.717, 1.165) is 12.8 Å². The normalized spacial score (nSPS) is 15.3. The molecule has 1 saturated carbocycles. The average molecular weight is 633 g/mol. The number of quaternary nitrogens is 1. The summed E-state index contributed by atoms with van der Waals surface area (Å²) >= 11 is 0. The quantitative estimate of drug-likeness (QED) is 0.123. The molecule has 2 heterocycles. The SMILES string of the molecule is COc1cc(N(C)C(=O)/C=C/C[N+](C)([O-])C2CC2)cc(-n2c3c(n(-c4ccc(Oc5ccccc5)cc4)c2=O)=C(N)C(C)=C=CN=3)c1. The van der Waals surface area contributed by atoms with Crippen LogP contribution in [0.1, 0.15) is 19.8 Å². The Morgan fingerprint density at radius 1 is 1.06 bits per heavy atom. The number of anilines is 1. The van der Waals surface area contributed by atoms with E-state index in [4.69, 9.17) is 15.2 Å². The van der Waals surface area contributed by atoms with Gasteiger partial charge in [0.1, 0.15) is 22.6 Å². The Labute approximate surface area is 271 Å². The van der Waals surface area contributed by atoms with Crippen LogP contribution in [0.3, 0.4) is 0 Å². The molecular weight excluding hydrogens is 596 g/mol. The number of hydroxylamine groups is 3. The van der Waals surface area contributed by atoms with E-state index in [1.54, 1.807) is 69.6 Å². The van der Waals surface area contributed by atoms with Crippen LogP contribution < -0.4 is 36.6 Å². The third kappa shape index (κ3) is 6.41. The number of likely N-dealkylation sites (N-methyl/N-ethyl adjacent to an activating group) is 2. The number of hydrogen-bond donors (Lipinski definition) is 1. The third-order valence-corrected chi connectivity index (χ3v) is 8.37. The highest BCUT2D eigenvalue weighted by Gasteiger charge is 2.34. The van der Waals surface area contributed by atoms with Gasteiger partial charge in [-0.05, 0) is 55.5 Å². The lowest BCUT2D eigenvalue weighted by Gasteiger charge is -2.38. The van der Waals surface area contributed by atoms with E-state index in [2.05, 4.69) is 10.7 Å². The molecule has 0 spiro atoms. The Hall–Kier alpha value is -5.61. The van der Waals surface area contributed by atoms with E-state index in [0.29, 0.717) is 56.4 Å². The lowest BCUT2D eigenvalue weighted by molar-refractivity contribution is -0.865. The molecule has 0 bridgehead atoms. The summed E-state index contributed by atoms with van der Waals surface area (Å²) in [6.45, 7) is 2.01. The van der Waals surface area contributed by atoms with Crippen LogP contribution in [0, 0.1) is 5.21 Å². The average Bonchev–Trinajstić information content (AvgIpc) is 3.91. The lowest BCUT2D eigenvalue weighted by atomic mass is 10.2. The van der Waals surface area contributed by atoms with Crippen molar-refractivity contribution in [2.45, 2.75) is 25.8 Å². The molecule has 47 heavy (non-hydrogen) atoms. The molecule has 2 N–H and O–H groups in total. The highest BCUT2D eigenvalue weighted by atomic mass is 16.5. The number of ether oxygens (including phenoxy) is 2. The third-order valence-electron chi connectivity index (χ3n) is 8.37. The van der Waals surface area contributed by atoms with Crippen molar-refractivity contribution >= 4 is 17.3 Å². The van der Waals surface area contributed by atoms with Crippen LogP contribution in [0.15, 0.2) is 112 Å². The van der Waals surface area contributed by atoms with Gasteiger partial charge in [-0.3, -0.25) is 9.36 Å². The number of carbonyl (C=O) groups is 1. The minimum Gasteiger partial charge on any atom is -0.633 e. The summed E-state index contributed by atoms with van der Waals surface area (Å²) in [6, 6.07) is 21.7. The number of methoxy groups -OCH3 is 1. The second-order valence-electron chi connectivity index (χ2n) is 11.8. The molecule has 1 aliphatic heterocycles. The molecule has 0 radical (unpaired) electrons. The fourth-order valence-corrected chi connectivity index (χ4v) is 5.44. The maximum Gasteiger partial charge on any atom is 0.339 e. The predicted molar refractivity (Wildman–Crippen MR) is 180 cm³/mol. The zero-order chi connectivity index (χ0) is 33.3. The first kappa shape index (κ1) is 31.4. The first-order chi connectivity index (χ1) is 22.6. The fourth-order valence-electron chi connectivity index (χ4n) is 5.44. The van der Waals surface area contributed by atoms with Crippen molar-refractivity contribution in [1.82, 2.24) is 9.13 Å². The number of aromatic nitrogens is 2. The molecule has 11 nitrogen and oxygen atoms in total. The summed E-state index contributed by atoms with van der Waals surface area (Å²) in [7, 11) is 4.76. The molecule has 1 atom stereocenters. The molecule has 1 aromatic heterocycles. The summed E-state index contributed by atoms with van der Waals surface area (Å²) in [6.07, 6.45) is 6.32. The first-order valence-electron chi connectivity index (χ1n) is 15.2. The Morgan fingerprint density at radius 3 is 2.45 bits per heavy atom. The predicted octanol–water partition coefficient (Wildman–Crippen LogP) is 3.81. The fraction of sp³-hybridized carbons (Fsp3) is 0.222. The molecule has 1 unspecified atom stereocenters. The number of fused-ring (bicyclic) bond motifs is 1. The molecule has 11 heteroatoms. The second-order valence-corrected chi connectivity index (χ2v) is 11.8. The van der Waals surface area contributed by atoms with Gasteiger partial charge in [-0.2, -0.15) is 0 Å². The summed E-state index contributed by atoms with van der Waals surface area (Å²) in [5.41, 5.74) is 11.9. The van der Waals surface area contributed by atoms with E-state index < -0.39 is 10.3 Å². The Balaban J connectivity index is 1.42. The van der Waals surface area contributed by atoms with Crippen molar-refractivity contribution in [3.8, 4) is 28.6 Å². The largest absolute Gasteiger partial charge is 0.633 e. The standard InChI is InChI=1S/C36H36N6O5/c1-24-18-19-38-35-34(33(24)37)40(25-12-16-30(17-13-25)47-29-9-6-5-7-10-29)36(44)41(35)27-21-26(22-31(23-27)46-4)39(2)32(43)11-8-20-42(3,45)28-14-15-28/h5-13,16-17,19,21-23,28H,14-15,20,37H2,1-4H3/b11-8+. The Kier molecular flexibility index (Phi) is 8.44. The molecule has 1 aliphatic carbocycles. The maximum atomic E-state index is 14.4. The van der Waals surface area contributed by atoms with Gasteiger partial charge in [-0.25, -0.2) is 14.4 Å². The Morgan fingerprint density at radius 2 is 1.77 bits per heavy atom. The van der Waals surface area contributed by atoms with Crippen LogP contribution in [0.2, 0.25) is 0 Å². The van der Waals surface area contributed by atoms with Crippen molar-refractivity contribution in [2.75, 3.05) is 32.6 Å². The molecule has 240 valence electrons. The highest BCUT2D eigenvalue weighted by molar-refractivity contribution is 6.01. The van der Waals surface area contributed by atoms with E-state index in [1.165, 1.54) is 33.4 Å². The molecule has 1 amide bonds. The van der Waals surface area contributed by atoms with E-state index in [-0.39, 0.29) is 18.5 Å². The van der Waals surface area contributed by atoms with Crippen LogP contribution in [-0.4, -0.2) is 53.5 Å². The van der Waals surface area contributed by atoms with Crippen LogP contribution in [-0.2, 0) is 4.79 Å². The molecule has 1 fully saturated rings. The number of rotatable bonds is 10. The van der Waals surface area contributed by atoms with Gasteiger partial charge >= 0.3 is 5.69 Å². The highest BCUT2D eigenvalue weighted by Crippen LogP contribution is 2.31. The molecule has 4 aromatic rings. The van der Waals surface area contributed by atoms with Crippen LogP contribution >= 0.6 is 0 Å². The minimum atomic E-state index is -0.429. The Bertz CT molecular complexity index is 2120. The number of nitrogens with two attached hydrogens (primary N) is 1. The first-order valence-corrected chi connectivity index (χ1v) is 15.2. The van der Waals surface area contributed by atoms with Gasteiger partial charge < -0.3 is 30.0 Å². The minimum absolute atomic E-state index is 0.0975. The molecule has 2 aliphatic rings. The van der Waals surface area contributed by atoms with Crippen LogP contribution in [0.25, 0.3) is 17.1 Å². The molecule has 6 rings (SSSR count). The van der Waals surface area contributed by atoms with E-state index >= 15 is 0 Å². The van der Waals surface area contributed by atoms with Crippen molar-refractivity contribution in [3.05, 3.63) is 129 Å². The molecular formula is C36H36N6O5. The zero-order valence-electron chi connectivity index (χ0n) is 26.7. The number of para-hydroxylation sites is 1. The topological polar surface area (TPSA) is 127 Å². The number of carbonyl (C=O) groups excluding carboxylic acids is 1. The van der Waals surface area contributed by atoms with E-state index in [1.807, 2.05) is 30.3 Å². The van der Waals surface area contributed by atoms with Gasteiger partial charge in [0.15, 0.2) is 5.49 Å². The van der Waals surface area contributed by atoms with Crippen molar-refractivity contribution in [2.24, 2.45) is 10.7 Å². The summed E-state index contributed by atoms with van der Waals surface area (Å²) in [5.74, 6) is 1.38. The maximum absolute atomic E-state index is 14.4. The number of amides is 1. The zero-order valence-corrected chi connectivity index (χ0v) is 26.7. The van der Waals surface area contributed by atoms with Gasteiger partial charge in [-0.1, -0.05) is 23.9 Å². The van der Waals surface area contributed by atoms with Gasteiger partial charge in [0, 0.05) is 49.4 Å². The smallest absolute Gasteiger partial charge is 0.339 e. The number of imidazole rings is 1. The summed E-state index contributed by atoms with van der Waals surface area (Å²) < 4.78 is 14.1. The number of nitrogens with zero attached hydrogens (tertiary/aromatic N) is 5. The van der Waals surface area contributed by atoms with Gasteiger partial charge in [0.25, 0.3) is 5.91 Å². The van der Waals surface area contributed by atoms with Crippen molar-refractivity contribution < 1.29 is 18.9 Å². The van der Waals surface area contributed by atoms with Crippen LogP contribution in [0.5, 0.6) is 17.2 Å². The van der Waals surface area contributed by atoms with Crippen molar-refractivity contribution in [1.29, 1.82) is 0 Å².